The van der Waals surface area contributed by atoms with E-state index in [1.54, 1.807) is 13.8 Å². The Hall–Kier alpha value is -0.130. The zero-order valence-corrected chi connectivity index (χ0v) is 13.3. The largest absolute Gasteiger partial charge is 0.311 e. The van der Waals surface area contributed by atoms with Gasteiger partial charge in [0.25, 0.3) is 0 Å². The summed E-state index contributed by atoms with van der Waals surface area (Å²) in [6, 6.07) is 0.466. The number of rotatable bonds is 4. The number of hydrogen-bond donors (Lipinski definition) is 1. The van der Waals surface area contributed by atoms with E-state index >= 15 is 0 Å². The lowest BCUT2D eigenvalue weighted by Crippen LogP contribution is -2.63. The van der Waals surface area contributed by atoms with E-state index in [9.17, 15) is 8.42 Å². The second kappa shape index (κ2) is 5.70. The third kappa shape index (κ3) is 3.31. The SMILES string of the molecule is CC1CN(CCS(=O)(=O)C(C)C)C2(CCCC2)CN1. The Morgan fingerprint density at radius 1 is 1.32 bits per heavy atom. The van der Waals surface area contributed by atoms with Gasteiger partial charge in [0.1, 0.15) is 0 Å². The Labute approximate surface area is 117 Å². The van der Waals surface area contributed by atoms with Gasteiger partial charge in [-0.25, -0.2) is 8.42 Å². The highest BCUT2D eigenvalue weighted by atomic mass is 32.2. The lowest BCUT2D eigenvalue weighted by Gasteiger charge is -2.47. The van der Waals surface area contributed by atoms with E-state index in [0.29, 0.717) is 18.3 Å². The molecule has 0 bridgehead atoms. The summed E-state index contributed by atoms with van der Waals surface area (Å²) in [4.78, 5) is 2.46. The Morgan fingerprint density at radius 3 is 2.53 bits per heavy atom. The molecule has 5 heteroatoms. The van der Waals surface area contributed by atoms with Gasteiger partial charge >= 0.3 is 0 Å². The van der Waals surface area contributed by atoms with Crippen LogP contribution in [0.3, 0.4) is 0 Å². The maximum atomic E-state index is 12.0. The second-order valence-electron chi connectivity index (χ2n) is 6.58. The maximum Gasteiger partial charge on any atom is 0.153 e. The molecule has 1 aliphatic heterocycles. The zero-order valence-electron chi connectivity index (χ0n) is 12.5. The molecule has 1 unspecified atom stereocenters. The molecule has 0 radical (unpaired) electrons. The minimum Gasteiger partial charge on any atom is -0.311 e. The first-order valence-electron chi connectivity index (χ1n) is 7.56. The molecule has 2 rings (SSSR count). The molecule has 0 aromatic carbocycles. The van der Waals surface area contributed by atoms with Crippen LogP contribution in [0.2, 0.25) is 0 Å². The molecule has 112 valence electrons. The molecule has 4 nitrogen and oxygen atoms in total. The van der Waals surface area contributed by atoms with Crippen molar-refractivity contribution in [3.8, 4) is 0 Å². The zero-order chi connectivity index (χ0) is 14.1. The van der Waals surface area contributed by atoms with Crippen molar-refractivity contribution in [3.05, 3.63) is 0 Å². The van der Waals surface area contributed by atoms with Gasteiger partial charge in [-0.05, 0) is 33.6 Å². The van der Waals surface area contributed by atoms with Crippen LogP contribution in [-0.4, -0.2) is 55.5 Å². The van der Waals surface area contributed by atoms with Gasteiger partial charge in [0, 0.05) is 31.2 Å². The molecule has 1 N–H and O–H groups in total. The number of piperazine rings is 1. The van der Waals surface area contributed by atoms with Gasteiger partial charge in [0.2, 0.25) is 0 Å². The Balaban J connectivity index is 2.03. The van der Waals surface area contributed by atoms with Gasteiger partial charge in [-0.3, -0.25) is 4.90 Å². The van der Waals surface area contributed by atoms with Crippen LogP contribution in [0.25, 0.3) is 0 Å². The molecule has 1 saturated carbocycles. The molecule has 1 aliphatic carbocycles. The Morgan fingerprint density at radius 2 is 1.95 bits per heavy atom. The molecule has 0 aromatic heterocycles. The molecule has 0 amide bonds. The van der Waals surface area contributed by atoms with Crippen LogP contribution < -0.4 is 5.32 Å². The van der Waals surface area contributed by atoms with Crippen molar-refractivity contribution in [2.45, 2.75) is 63.3 Å². The molecule has 2 fully saturated rings. The van der Waals surface area contributed by atoms with Gasteiger partial charge < -0.3 is 5.32 Å². The summed E-state index contributed by atoms with van der Waals surface area (Å²) < 4.78 is 24.0. The van der Waals surface area contributed by atoms with E-state index in [4.69, 9.17) is 0 Å². The molecule has 2 aliphatic rings. The summed E-state index contributed by atoms with van der Waals surface area (Å²) in [5.74, 6) is 0.305. The van der Waals surface area contributed by atoms with Crippen molar-refractivity contribution >= 4 is 9.84 Å². The topological polar surface area (TPSA) is 49.4 Å². The predicted molar refractivity (Wildman–Crippen MR) is 79.2 cm³/mol. The van der Waals surface area contributed by atoms with E-state index < -0.39 is 9.84 Å². The average Bonchev–Trinajstić information content (AvgIpc) is 2.80. The maximum absolute atomic E-state index is 12.0. The van der Waals surface area contributed by atoms with Crippen molar-refractivity contribution in [2.75, 3.05) is 25.4 Å². The van der Waals surface area contributed by atoms with Gasteiger partial charge in [0.05, 0.1) is 11.0 Å². The normalized spacial score (nSPS) is 28.3. The smallest absolute Gasteiger partial charge is 0.153 e. The molecule has 1 saturated heterocycles. The first-order valence-corrected chi connectivity index (χ1v) is 9.27. The van der Waals surface area contributed by atoms with E-state index in [0.717, 1.165) is 13.1 Å². The summed E-state index contributed by atoms with van der Waals surface area (Å²) in [6.07, 6.45) is 5.00. The fourth-order valence-electron chi connectivity index (χ4n) is 3.39. The molecule has 19 heavy (non-hydrogen) atoms. The van der Waals surface area contributed by atoms with E-state index in [1.807, 2.05) is 0 Å². The Bertz CT molecular complexity index is 400. The van der Waals surface area contributed by atoms with Crippen molar-refractivity contribution in [2.24, 2.45) is 0 Å². The minimum absolute atomic E-state index is 0.235. The highest BCUT2D eigenvalue weighted by molar-refractivity contribution is 7.92. The van der Waals surface area contributed by atoms with Gasteiger partial charge in [0.15, 0.2) is 9.84 Å². The van der Waals surface area contributed by atoms with Crippen LogP contribution in [0.15, 0.2) is 0 Å². The predicted octanol–water partition coefficient (Wildman–Crippen LogP) is 1.42. The first kappa shape index (κ1) is 15.3. The molecule has 1 atom stereocenters. The highest BCUT2D eigenvalue weighted by Gasteiger charge is 2.42. The van der Waals surface area contributed by atoms with Crippen LogP contribution in [0.4, 0.5) is 0 Å². The van der Waals surface area contributed by atoms with Crippen molar-refractivity contribution in [1.82, 2.24) is 10.2 Å². The van der Waals surface area contributed by atoms with E-state index in [2.05, 4.69) is 17.1 Å². The second-order valence-corrected chi connectivity index (χ2v) is 9.25. The van der Waals surface area contributed by atoms with Crippen LogP contribution in [0, 0.1) is 0 Å². The van der Waals surface area contributed by atoms with E-state index in [-0.39, 0.29) is 10.8 Å². The number of hydrogen-bond acceptors (Lipinski definition) is 4. The van der Waals surface area contributed by atoms with Crippen molar-refractivity contribution in [3.63, 3.8) is 0 Å². The third-order valence-corrected chi connectivity index (χ3v) is 7.03. The summed E-state index contributed by atoms with van der Waals surface area (Å²) in [5, 5.41) is 3.32. The quantitative estimate of drug-likeness (QED) is 0.850. The van der Waals surface area contributed by atoms with E-state index in [1.165, 1.54) is 25.7 Å². The fourth-order valence-corrected chi connectivity index (χ4v) is 4.34. The Kier molecular flexibility index (Phi) is 4.58. The van der Waals surface area contributed by atoms with Crippen molar-refractivity contribution < 1.29 is 8.42 Å². The molecular weight excluding hydrogens is 260 g/mol. The first-order chi connectivity index (χ1) is 8.86. The number of nitrogens with zero attached hydrogens (tertiary/aromatic N) is 1. The number of sulfone groups is 1. The van der Waals surface area contributed by atoms with Gasteiger partial charge in [-0.15, -0.1) is 0 Å². The summed E-state index contributed by atoms with van der Waals surface area (Å²) >= 11 is 0. The molecular formula is C14H28N2O2S. The molecule has 1 heterocycles. The van der Waals surface area contributed by atoms with Crippen LogP contribution in [0.5, 0.6) is 0 Å². The molecule has 0 aromatic rings. The third-order valence-electron chi connectivity index (χ3n) is 4.84. The lowest BCUT2D eigenvalue weighted by atomic mass is 9.91. The number of nitrogens with one attached hydrogen (secondary N) is 1. The standard InChI is InChI=1S/C14H28N2O2S/c1-12(2)19(17,18)9-8-16-10-13(3)15-11-14(16)6-4-5-7-14/h12-13,15H,4-11H2,1-3H3. The minimum atomic E-state index is -2.92. The van der Waals surface area contributed by atoms with Crippen LogP contribution >= 0.6 is 0 Å². The summed E-state index contributed by atoms with van der Waals surface area (Å²) in [5.41, 5.74) is 0.235. The van der Waals surface area contributed by atoms with Gasteiger partial charge in [-0.1, -0.05) is 12.8 Å². The monoisotopic (exact) mass is 288 g/mol. The lowest BCUT2D eigenvalue weighted by molar-refractivity contribution is 0.0526. The highest BCUT2D eigenvalue weighted by Crippen LogP contribution is 2.36. The summed E-state index contributed by atoms with van der Waals surface area (Å²) in [7, 11) is -2.92. The average molecular weight is 288 g/mol. The van der Waals surface area contributed by atoms with Crippen LogP contribution in [0.1, 0.15) is 46.5 Å². The van der Waals surface area contributed by atoms with Crippen molar-refractivity contribution in [1.29, 1.82) is 0 Å². The fraction of sp³-hybridized carbons (Fsp3) is 1.00. The summed E-state index contributed by atoms with van der Waals surface area (Å²) in [6.45, 7) is 8.45. The van der Waals surface area contributed by atoms with Gasteiger partial charge in [-0.2, -0.15) is 0 Å². The molecule has 1 spiro atoms. The van der Waals surface area contributed by atoms with Crippen LogP contribution in [-0.2, 0) is 9.84 Å².